The molecule has 8 nitrogen and oxygen atoms in total. The fourth-order valence-corrected chi connectivity index (χ4v) is 2.66. The van der Waals surface area contributed by atoms with Crippen molar-refractivity contribution in [3.8, 4) is 0 Å². The summed E-state index contributed by atoms with van der Waals surface area (Å²) >= 11 is 0. The molecule has 0 aliphatic carbocycles. The summed E-state index contributed by atoms with van der Waals surface area (Å²) in [4.78, 5) is 34.6. The Balaban J connectivity index is 2.31. The summed E-state index contributed by atoms with van der Waals surface area (Å²) in [6.07, 6.45) is 0. The molecular formula is C17H13N3O5. The van der Waals surface area contributed by atoms with Gasteiger partial charge in [0.05, 0.1) is 22.4 Å². The summed E-state index contributed by atoms with van der Waals surface area (Å²) in [5, 5.41) is 20.6. The molecule has 0 amide bonds. The van der Waals surface area contributed by atoms with Gasteiger partial charge in [-0.1, -0.05) is 18.2 Å². The molecular weight excluding hydrogens is 326 g/mol. The highest BCUT2D eigenvalue weighted by molar-refractivity contribution is 5.96. The molecule has 0 aliphatic rings. The van der Waals surface area contributed by atoms with Gasteiger partial charge < -0.3 is 15.4 Å². The van der Waals surface area contributed by atoms with Crippen LogP contribution in [0.25, 0.3) is 10.9 Å². The highest BCUT2D eigenvalue weighted by Crippen LogP contribution is 2.25. The Hall–Kier alpha value is -3.68. The predicted octanol–water partition coefficient (Wildman–Crippen LogP) is 2.24. The minimum absolute atomic E-state index is 0.0674. The van der Waals surface area contributed by atoms with Crippen LogP contribution in [0.15, 0.2) is 53.3 Å². The molecule has 3 aromatic rings. The maximum atomic E-state index is 12.6. The van der Waals surface area contributed by atoms with Crippen molar-refractivity contribution in [1.29, 1.82) is 0 Å². The number of nitro benzene ring substituents is 1. The van der Waals surface area contributed by atoms with Crippen molar-refractivity contribution in [3.05, 3.63) is 80.1 Å². The number of fused-ring (bicyclic) bond motifs is 1. The summed E-state index contributed by atoms with van der Waals surface area (Å²) in [5.74, 6) is -1.43. The molecule has 3 rings (SSSR count). The molecule has 0 bridgehead atoms. The Bertz CT molecular complexity index is 1050. The molecule has 0 atom stereocenters. The van der Waals surface area contributed by atoms with Crippen molar-refractivity contribution in [2.45, 2.75) is 6.54 Å². The number of carboxylic acid groups (broad SMARTS) is 1. The highest BCUT2D eigenvalue weighted by atomic mass is 16.6. The third-order valence-corrected chi connectivity index (χ3v) is 3.86. The monoisotopic (exact) mass is 339 g/mol. The van der Waals surface area contributed by atoms with E-state index in [-0.39, 0.29) is 17.6 Å². The molecule has 1 heterocycles. The summed E-state index contributed by atoms with van der Waals surface area (Å²) in [7, 11) is 0. The lowest BCUT2D eigenvalue weighted by Crippen LogP contribution is -2.27. The fraction of sp³-hybridized carbons (Fsp3) is 0.0588. The maximum absolute atomic E-state index is 12.6. The third-order valence-electron chi connectivity index (χ3n) is 3.86. The molecule has 0 saturated carbocycles. The molecule has 8 heteroatoms. The van der Waals surface area contributed by atoms with E-state index in [1.54, 1.807) is 30.3 Å². The number of pyridine rings is 1. The number of non-ortho nitro benzene ring substituents is 1. The molecule has 126 valence electrons. The molecule has 1 aromatic heterocycles. The van der Waals surface area contributed by atoms with E-state index in [0.717, 1.165) is 6.07 Å². The average Bonchev–Trinajstić information content (AvgIpc) is 2.57. The summed E-state index contributed by atoms with van der Waals surface area (Å²) < 4.78 is 1.22. The zero-order valence-corrected chi connectivity index (χ0v) is 12.9. The molecule has 2 aromatic carbocycles. The van der Waals surface area contributed by atoms with Crippen molar-refractivity contribution in [1.82, 2.24) is 4.57 Å². The van der Waals surface area contributed by atoms with E-state index in [1.807, 2.05) is 0 Å². The van der Waals surface area contributed by atoms with Crippen LogP contribution in [0.2, 0.25) is 0 Å². The second kappa shape index (κ2) is 6.08. The lowest BCUT2D eigenvalue weighted by molar-refractivity contribution is -0.383. The number of nitro groups is 1. The molecule has 0 saturated heterocycles. The Labute approximate surface area is 140 Å². The largest absolute Gasteiger partial charge is 0.477 e. The van der Waals surface area contributed by atoms with Crippen LogP contribution in [0.1, 0.15) is 15.9 Å². The number of anilines is 1. The van der Waals surface area contributed by atoms with Crippen LogP contribution in [-0.2, 0) is 6.54 Å². The van der Waals surface area contributed by atoms with Crippen molar-refractivity contribution < 1.29 is 14.8 Å². The molecule has 0 radical (unpaired) electrons. The number of carboxylic acids is 1. The van der Waals surface area contributed by atoms with Gasteiger partial charge >= 0.3 is 5.97 Å². The Morgan fingerprint density at radius 3 is 2.48 bits per heavy atom. The van der Waals surface area contributed by atoms with E-state index in [0.29, 0.717) is 16.8 Å². The fourth-order valence-electron chi connectivity index (χ4n) is 2.66. The first-order valence-electron chi connectivity index (χ1n) is 7.27. The van der Waals surface area contributed by atoms with Gasteiger partial charge in [0.2, 0.25) is 0 Å². The molecule has 3 N–H and O–H groups in total. The number of carbonyl (C=O) groups is 1. The zero-order chi connectivity index (χ0) is 18.1. The SMILES string of the molecule is Nc1ccc(Cn2c(=O)c(C(=O)O)cc3c([N+](=O)[O-])cccc32)cc1. The number of rotatable bonds is 4. The van der Waals surface area contributed by atoms with E-state index < -0.39 is 22.0 Å². The van der Waals surface area contributed by atoms with Crippen molar-refractivity contribution >= 4 is 28.2 Å². The summed E-state index contributed by atoms with van der Waals surface area (Å²) in [5.41, 5.74) is 5.70. The maximum Gasteiger partial charge on any atom is 0.341 e. The lowest BCUT2D eigenvalue weighted by Gasteiger charge is -2.12. The van der Waals surface area contributed by atoms with Crippen LogP contribution in [0, 0.1) is 10.1 Å². The zero-order valence-electron chi connectivity index (χ0n) is 12.9. The summed E-state index contributed by atoms with van der Waals surface area (Å²) in [6.45, 7) is 0.0674. The number of nitrogens with zero attached hydrogens (tertiary/aromatic N) is 2. The van der Waals surface area contributed by atoms with Gasteiger partial charge in [0.25, 0.3) is 11.2 Å². The smallest absolute Gasteiger partial charge is 0.341 e. The number of nitrogen functional groups attached to an aromatic ring is 1. The predicted molar refractivity (Wildman–Crippen MR) is 91.8 cm³/mol. The van der Waals surface area contributed by atoms with Gasteiger partial charge in [0.1, 0.15) is 5.56 Å². The van der Waals surface area contributed by atoms with Crippen LogP contribution >= 0.6 is 0 Å². The number of aromatic carboxylic acids is 1. The van der Waals surface area contributed by atoms with Gasteiger partial charge in [-0.3, -0.25) is 14.9 Å². The van der Waals surface area contributed by atoms with Gasteiger partial charge in [0.15, 0.2) is 0 Å². The Morgan fingerprint density at radius 1 is 1.20 bits per heavy atom. The van der Waals surface area contributed by atoms with Crippen LogP contribution in [0.3, 0.4) is 0 Å². The summed E-state index contributed by atoms with van der Waals surface area (Å²) in [6, 6.07) is 12.1. The van der Waals surface area contributed by atoms with Gasteiger partial charge in [-0.2, -0.15) is 0 Å². The second-order valence-corrected chi connectivity index (χ2v) is 5.46. The number of hydrogen-bond acceptors (Lipinski definition) is 5. The molecule has 0 fully saturated rings. The van der Waals surface area contributed by atoms with Gasteiger partial charge in [-0.05, 0) is 29.8 Å². The highest BCUT2D eigenvalue weighted by Gasteiger charge is 2.20. The van der Waals surface area contributed by atoms with E-state index >= 15 is 0 Å². The number of aromatic nitrogens is 1. The Morgan fingerprint density at radius 2 is 1.88 bits per heavy atom. The number of hydrogen-bond donors (Lipinski definition) is 2. The average molecular weight is 339 g/mol. The number of nitrogens with two attached hydrogens (primary N) is 1. The van der Waals surface area contributed by atoms with Crippen molar-refractivity contribution in [3.63, 3.8) is 0 Å². The molecule has 0 spiro atoms. The standard InChI is InChI=1S/C17H13N3O5/c18-11-6-4-10(5-7-11)9-19-14-2-1-3-15(20(24)25)12(14)8-13(16(19)21)17(22)23/h1-8H,9,18H2,(H,22,23). The van der Waals surface area contributed by atoms with Gasteiger partial charge in [-0.25, -0.2) is 4.79 Å². The normalized spacial score (nSPS) is 10.7. The minimum Gasteiger partial charge on any atom is -0.477 e. The van der Waals surface area contributed by atoms with Crippen LogP contribution < -0.4 is 11.3 Å². The van der Waals surface area contributed by atoms with Crippen molar-refractivity contribution in [2.24, 2.45) is 0 Å². The molecule has 0 unspecified atom stereocenters. The second-order valence-electron chi connectivity index (χ2n) is 5.46. The quantitative estimate of drug-likeness (QED) is 0.426. The van der Waals surface area contributed by atoms with E-state index in [4.69, 9.17) is 5.73 Å². The first kappa shape index (κ1) is 16.2. The van der Waals surface area contributed by atoms with E-state index in [2.05, 4.69) is 0 Å². The topological polar surface area (TPSA) is 128 Å². The lowest BCUT2D eigenvalue weighted by atomic mass is 10.1. The third kappa shape index (κ3) is 2.92. The van der Waals surface area contributed by atoms with Crippen molar-refractivity contribution in [2.75, 3.05) is 5.73 Å². The first-order valence-corrected chi connectivity index (χ1v) is 7.27. The minimum atomic E-state index is -1.43. The van der Waals surface area contributed by atoms with Crippen LogP contribution in [0.5, 0.6) is 0 Å². The Kier molecular flexibility index (Phi) is 3.94. The van der Waals surface area contributed by atoms with E-state index in [1.165, 1.54) is 16.7 Å². The van der Waals surface area contributed by atoms with Gasteiger partial charge in [0, 0.05) is 11.8 Å². The van der Waals surface area contributed by atoms with Crippen LogP contribution in [0.4, 0.5) is 11.4 Å². The molecule has 0 aliphatic heterocycles. The van der Waals surface area contributed by atoms with Crippen LogP contribution in [-0.4, -0.2) is 20.6 Å². The number of benzene rings is 2. The van der Waals surface area contributed by atoms with E-state index in [9.17, 15) is 24.8 Å². The molecule has 25 heavy (non-hydrogen) atoms. The van der Waals surface area contributed by atoms with Gasteiger partial charge in [-0.15, -0.1) is 0 Å². The first-order chi connectivity index (χ1) is 11.9.